The highest BCUT2D eigenvalue weighted by Gasteiger charge is 2.13. The molecule has 0 spiro atoms. The monoisotopic (exact) mass is 234 g/mol. The highest BCUT2D eigenvalue weighted by molar-refractivity contribution is 5.78. The molecule has 3 heteroatoms. The molecule has 1 aromatic carbocycles. The van der Waals surface area contributed by atoms with Gasteiger partial charge in [0.05, 0.1) is 0 Å². The molecule has 2 N–H and O–H groups in total. The van der Waals surface area contributed by atoms with Gasteiger partial charge in [0.2, 0.25) is 5.91 Å². The maximum Gasteiger partial charge on any atom is 0.224 e. The van der Waals surface area contributed by atoms with Gasteiger partial charge in [-0.3, -0.25) is 4.79 Å². The Balaban J connectivity index is 2.38. The van der Waals surface area contributed by atoms with Gasteiger partial charge >= 0.3 is 0 Å². The lowest BCUT2D eigenvalue weighted by Crippen LogP contribution is -2.36. The number of hydrogen-bond acceptors (Lipinski definition) is 2. The van der Waals surface area contributed by atoms with E-state index in [9.17, 15) is 4.79 Å². The van der Waals surface area contributed by atoms with Crippen LogP contribution in [-0.4, -0.2) is 26.0 Å². The molecule has 94 valence electrons. The van der Waals surface area contributed by atoms with Crippen LogP contribution in [0.2, 0.25) is 0 Å². The smallest absolute Gasteiger partial charge is 0.224 e. The number of amides is 1. The Labute approximate surface area is 104 Å². The van der Waals surface area contributed by atoms with Crippen molar-refractivity contribution in [3.63, 3.8) is 0 Å². The molecule has 3 nitrogen and oxygen atoms in total. The van der Waals surface area contributed by atoms with Crippen LogP contribution in [0.4, 0.5) is 0 Å². The van der Waals surface area contributed by atoms with Crippen LogP contribution in [0.15, 0.2) is 30.3 Å². The predicted octanol–water partition coefficient (Wildman–Crippen LogP) is 1.76. The van der Waals surface area contributed by atoms with E-state index in [1.54, 1.807) is 0 Å². The van der Waals surface area contributed by atoms with Crippen molar-refractivity contribution in [2.75, 3.05) is 20.1 Å². The summed E-state index contributed by atoms with van der Waals surface area (Å²) in [6.07, 6.45) is 0. The van der Waals surface area contributed by atoms with Crippen molar-refractivity contribution in [3.8, 4) is 0 Å². The third-order valence-electron chi connectivity index (χ3n) is 2.91. The molecule has 0 radical (unpaired) electrons. The summed E-state index contributed by atoms with van der Waals surface area (Å²) in [7, 11) is 1.86. The topological polar surface area (TPSA) is 41.1 Å². The summed E-state index contributed by atoms with van der Waals surface area (Å²) in [5.41, 5.74) is 1.26. The summed E-state index contributed by atoms with van der Waals surface area (Å²) >= 11 is 0. The zero-order chi connectivity index (χ0) is 12.7. The quantitative estimate of drug-likeness (QED) is 0.787. The minimum absolute atomic E-state index is 0.0166. The summed E-state index contributed by atoms with van der Waals surface area (Å²) < 4.78 is 0. The second-order valence-electron chi connectivity index (χ2n) is 4.52. The van der Waals surface area contributed by atoms with Crippen molar-refractivity contribution in [2.24, 2.45) is 5.92 Å². The summed E-state index contributed by atoms with van der Waals surface area (Å²) in [6.45, 7) is 5.46. The molecule has 0 aliphatic rings. The van der Waals surface area contributed by atoms with E-state index >= 15 is 0 Å². The van der Waals surface area contributed by atoms with Gasteiger partial charge in [0.1, 0.15) is 0 Å². The first-order chi connectivity index (χ1) is 8.15. The summed E-state index contributed by atoms with van der Waals surface area (Å²) in [5.74, 6) is 0.479. The minimum Gasteiger partial charge on any atom is -0.355 e. The highest BCUT2D eigenvalue weighted by atomic mass is 16.1. The predicted molar refractivity (Wildman–Crippen MR) is 71.0 cm³/mol. The number of nitrogens with one attached hydrogen (secondary N) is 2. The second-order valence-corrected chi connectivity index (χ2v) is 4.52. The Hall–Kier alpha value is -1.35. The maximum absolute atomic E-state index is 11.7. The lowest BCUT2D eigenvalue weighted by molar-refractivity contribution is -0.124. The van der Waals surface area contributed by atoms with E-state index in [0.717, 1.165) is 0 Å². The fourth-order valence-electron chi connectivity index (χ4n) is 1.73. The summed E-state index contributed by atoms with van der Waals surface area (Å²) in [6, 6.07) is 10.2. The molecule has 0 bridgehead atoms. The van der Waals surface area contributed by atoms with Gasteiger partial charge in [-0.2, -0.15) is 0 Å². The fourth-order valence-corrected chi connectivity index (χ4v) is 1.73. The van der Waals surface area contributed by atoms with Crippen LogP contribution in [-0.2, 0) is 4.79 Å². The summed E-state index contributed by atoms with van der Waals surface area (Å²) in [4.78, 5) is 11.7. The van der Waals surface area contributed by atoms with Gasteiger partial charge in [-0.25, -0.2) is 0 Å². The first-order valence-corrected chi connectivity index (χ1v) is 6.12. The molecule has 2 atom stereocenters. The largest absolute Gasteiger partial charge is 0.355 e. The standard InChI is InChI=1S/C14H22N2O/c1-11(13-7-5-4-6-8-13)10-16-14(17)12(2)9-15-3/h4-8,11-12,15H,9-10H2,1-3H3,(H,16,17). The van der Waals surface area contributed by atoms with Crippen molar-refractivity contribution in [1.82, 2.24) is 10.6 Å². The minimum atomic E-state index is 0.0166. The van der Waals surface area contributed by atoms with E-state index in [1.807, 2.05) is 32.2 Å². The van der Waals surface area contributed by atoms with E-state index in [0.29, 0.717) is 19.0 Å². The van der Waals surface area contributed by atoms with E-state index in [1.165, 1.54) is 5.56 Å². The molecule has 0 heterocycles. The molecule has 0 saturated heterocycles. The lowest BCUT2D eigenvalue weighted by atomic mass is 10.0. The molecule has 17 heavy (non-hydrogen) atoms. The van der Waals surface area contributed by atoms with Crippen molar-refractivity contribution < 1.29 is 4.79 Å². The van der Waals surface area contributed by atoms with Crippen LogP contribution < -0.4 is 10.6 Å². The van der Waals surface area contributed by atoms with Crippen molar-refractivity contribution in [3.05, 3.63) is 35.9 Å². The van der Waals surface area contributed by atoms with Crippen LogP contribution in [0.25, 0.3) is 0 Å². The zero-order valence-electron chi connectivity index (χ0n) is 10.9. The van der Waals surface area contributed by atoms with Gasteiger partial charge < -0.3 is 10.6 Å². The van der Waals surface area contributed by atoms with E-state index in [4.69, 9.17) is 0 Å². The second kappa shape index (κ2) is 7.07. The Bertz CT molecular complexity index is 337. The van der Waals surface area contributed by atoms with E-state index < -0.39 is 0 Å². The van der Waals surface area contributed by atoms with Crippen molar-refractivity contribution in [1.29, 1.82) is 0 Å². The number of carbonyl (C=O) groups is 1. The molecule has 0 fully saturated rings. The number of rotatable bonds is 6. The Morgan fingerprint density at radius 2 is 1.82 bits per heavy atom. The molecular formula is C14H22N2O. The molecule has 0 aromatic heterocycles. The van der Waals surface area contributed by atoms with Crippen LogP contribution in [0, 0.1) is 5.92 Å². The summed E-state index contributed by atoms with van der Waals surface area (Å²) in [5, 5.41) is 5.99. The number of hydrogen-bond donors (Lipinski definition) is 2. The van der Waals surface area contributed by atoms with E-state index in [2.05, 4.69) is 29.7 Å². The molecule has 0 saturated carbocycles. The van der Waals surface area contributed by atoms with Gasteiger partial charge in [0.15, 0.2) is 0 Å². The lowest BCUT2D eigenvalue weighted by Gasteiger charge is -2.15. The average molecular weight is 234 g/mol. The van der Waals surface area contributed by atoms with Crippen molar-refractivity contribution >= 4 is 5.91 Å². The number of carbonyl (C=O) groups excluding carboxylic acids is 1. The van der Waals surface area contributed by atoms with Crippen LogP contribution in [0.3, 0.4) is 0 Å². The van der Waals surface area contributed by atoms with Gasteiger partial charge in [-0.15, -0.1) is 0 Å². The van der Waals surface area contributed by atoms with Crippen molar-refractivity contribution in [2.45, 2.75) is 19.8 Å². The molecular weight excluding hydrogens is 212 g/mol. The zero-order valence-corrected chi connectivity index (χ0v) is 10.9. The Kier molecular flexibility index (Phi) is 5.70. The van der Waals surface area contributed by atoms with Crippen LogP contribution in [0.5, 0.6) is 0 Å². The van der Waals surface area contributed by atoms with Gasteiger partial charge in [0.25, 0.3) is 0 Å². The van der Waals surface area contributed by atoms with Gasteiger partial charge in [-0.05, 0) is 18.5 Å². The molecule has 1 aromatic rings. The first kappa shape index (κ1) is 13.7. The van der Waals surface area contributed by atoms with Crippen LogP contribution in [0.1, 0.15) is 25.3 Å². The molecule has 2 unspecified atom stereocenters. The average Bonchev–Trinajstić information content (AvgIpc) is 2.36. The van der Waals surface area contributed by atoms with E-state index in [-0.39, 0.29) is 11.8 Å². The highest BCUT2D eigenvalue weighted by Crippen LogP contribution is 2.13. The fraction of sp³-hybridized carbons (Fsp3) is 0.500. The Morgan fingerprint density at radius 1 is 1.18 bits per heavy atom. The third-order valence-corrected chi connectivity index (χ3v) is 2.91. The normalized spacial score (nSPS) is 14.1. The van der Waals surface area contributed by atoms with Gasteiger partial charge in [-0.1, -0.05) is 44.2 Å². The first-order valence-electron chi connectivity index (χ1n) is 6.12. The number of benzene rings is 1. The molecule has 0 aliphatic heterocycles. The Morgan fingerprint density at radius 3 is 2.41 bits per heavy atom. The molecule has 0 aliphatic carbocycles. The third kappa shape index (κ3) is 4.57. The van der Waals surface area contributed by atoms with Gasteiger partial charge in [0, 0.05) is 19.0 Å². The SMILES string of the molecule is CNCC(C)C(=O)NCC(C)c1ccccc1. The molecule has 1 rings (SSSR count). The maximum atomic E-state index is 11.7. The van der Waals surface area contributed by atoms with Crippen LogP contribution >= 0.6 is 0 Å². The molecule has 1 amide bonds.